The Morgan fingerprint density at radius 3 is 2.63 bits per heavy atom. The Balaban J connectivity index is 1.28. The van der Waals surface area contributed by atoms with Gasteiger partial charge in [-0.25, -0.2) is 4.39 Å². The molecule has 0 bridgehead atoms. The van der Waals surface area contributed by atoms with Crippen LogP contribution in [0.25, 0.3) is 22.0 Å². The lowest BCUT2D eigenvalue weighted by molar-refractivity contribution is -0.136. The van der Waals surface area contributed by atoms with Gasteiger partial charge < -0.3 is 9.64 Å². The molecule has 0 N–H and O–H groups in total. The van der Waals surface area contributed by atoms with E-state index in [0.29, 0.717) is 18.7 Å². The molecule has 1 amide bonds. The third kappa shape index (κ3) is 3.64. The number of alkyl halides is 1. The van der Waals surface area contributed by atoms with E-state index in [0.717, 1.165) is 40.4 Å². The van der Waals surface area contributed by atoms with Crippen LogP contribution in [-0.2, 0) is 4.79 Å². The monoisotopic (exact) mass is 404 g/mol. The summed E-state index contributed by atoms with van der Waals surface area (Å²) in [6, 6.07) is 16.0. The number of fused-ring (bicyclic) bond motifs is 1. The number of rotatable bonds is 4. The fraction of sp³-hybridized carbons (Fsp3) is 0.360. The molecule has 1 saturated carbocycles. The van der Waals surface area contributed by atoms with Crippen molar-refractivity contribution >= 4 is 16.8 Å². The summed E-state index contributed by atoms with van der Waals surface area (Å²) in [4.78, 5) is 18.3. The van der Waals surface area contributed by atoms with Crippen molar-refractivity contribution in [3.8, 4) is 16.9 Å². The quantitative estimate of drug-likeness (QED) is 0.619. The van der Waals surface area contributed by atoms with Crippen LogP contribution >= 0.6 is 0 Å². The molecule has 2 aliphatic rings. The minimum atomic E-state index is -1.16. The predicted octanol–water partition coefficient (Wildman–Crippen LogP) is 4.94. The second kappa shape index (κ2) is 7.71. The Labute approximate surface area is 175 Å². The zero-order valence-corrected chi connectivity index (χ0v) is 17.1. The first kappa shape index (κ1) is 19.0. The van der Waals surface area contributed by atoms with Crippen LogP contribution in [0, 0.1) is 12.8 Å². The van der Waals surface area contributed by atoms with Crippen molar-refractivity contribution in [2.45, 2.75) is 38.5 Å². The number of nitrogens with zero attached hydrogens (tertiary/aromatic N) is 2. The lowest BCUT2D eigenvalue weighted by Gasteiger charge is -2.35. The van der Waals surface area contributed by atoms with Crippen LogP contribution in [0.2, 0.25) is 0 Å². The molecule has 5 heteroatoms. The third-order valence-electron chi connectivity index (χ3n) is 6.20. The molecule has 4 nitrogen and oxygen atoms in total. The number of carbonyl (C=O) groups excluding carboxylic acids is 1. The van der Waals surface area contributed by atoms with E-state index < -0.39 is 12.3 Å². The first-order chi connectivity index (χ1) is 14.6. The molecule has 2 heterocycles. The number of halogens is 1. The molecule has 0 radical (unpaired) electrons. The number of aryl methyl sites for hydroxylation is 1. The first-order valence-corrected chi connectivity index (χ1v) is 10.6. The van der Waals surface area contributed by atoms with Crippen LogP contribution in [-0.4, -0.2) is 41.2 Å². The van der Waals surface area contributed by atoms with E-state index in [-0.39, 0.29) is 18.4 Å². The fourth-order valence-corrected chi connectivity index (χ4v) is 4.30. The fourth-order valence-electron chi connectivity index (χ4n) is 4.30. The van der Waals surface area contributed by atoms with Gasteiger partial charge in [-0.05, 0) is 54.7 Å². The second-order valence-electron chi connectivity index (χ2n) is 8.36. The van der Waals surface area contributed by atoms with E-state index in [1.165, 1.54) is 0 Å². The van der Waals surface area contributed by atoms with E-state index in [2.05, 4.69) is 30.1 Å². The van der Waals surface area contributed by atoms with Gasteiger partial charge in [-0.2, -0.15) is 0 Å². The average molecular weight is 404 g/mol. The van der Waals surface area contributed by atoms with Crippen LogP contribution < -0.4 is 4.74 Å². The maximum atomic E-state index is 14.6. The van der Waals surface area contributed by atoms with Crippen molar-refractivity contribution in [2.75, 3.05) is 13.1 Å². The molecule has 0 unspecified atom stereocenters. The van der Waals surface area contributed by atoms with Gasteiger partial charge in [-0.1, -0.05) is 30.3 Å². The van der Waals surface area contributed by atoms with Crippen LogP contribution in [0.15, 0.2) is 54.7 Å². The summed E-state index contributed by atoms with van der Waals surface area (Å²) in [6.07, 6.45) is 2.57. The van der Waals surface area contributed by atoms with Gasteiger partial charge in [0.1, 0.15) is 11.9 Å². The largest absolute Gasteiger partial charge is 0.487 e. The molecular formula is C25H25FN2O2. The maximum Gasteiger partial charge on any atom is 0.225 e. The molecular weight excluding hydrogens is 379 g/mol. The Hall–Kier alpha value is -2.95. The van der Waals surface area contributed by atoms with Crippen molar-refractivity contribution in [3.05, 3.63) is 60.3 Å². The highest BCUT2D eigenvalue weighted by Crippen LogP contribution is 2.33. The van der Waals surface area contributed by atoms with E-state index in [1.54, 1.807) is 4.90 Å². The number of likely N-dealkylation sites (tertiary alicyclic amines) is 1. The summed E-state index contributed by atoms with van der Waals surface area (Å²) in [7, 11) is 0. The van der Waals surface area contributed by atoms with Gasteiger partial charge in [0.25, 0.3) is 0 Å². The van der Waals surface area contributed by atoms with Crippen molar-refractivity contribution in [1.29, 1.82) is 0 Å². The number of carbonyl (C=O) groups is 1. The molecule has 1 saturated heterocycles. The van der Waals surface area contributed by atoms with Gasteiger partial charge >= 0.3 is 0 Å². The summed E-state index contributed by atoms with van der Waals surface area (Å²) < 4.78 is 20.6. The minimum Gasteiger partial charge on any atom is -0.487 e. The molecule has 30 heavy (non-hydrogen) atoms. The van der Waals surface area contributed by atoms with Gasteiger partial charge in [0, 0.05) is 30.5 Å². The molecule has 1 aliphatic carbocycles. The van der Waals surface area contributed by atoms with Gasteiger partial charge in [0.15, 0.2) is 6.17 Å². The lowest BCUT2D eigenvalue weighted by Crippen LogP contribution is -2.49. The average Bonchev–Trinajstić information content (AvgIpc) is 3.61. The topological polar surface area (TPSA) is 42.4 Å². The van der Waals surface area contributed by atoms with Crippen molar-refractivity contribution in [3.63, 3.8) is 0 Å². The molecule has 154 valence electrons. The highest BCUT2D eigenvalue weighted by Gasteiger charge is 2.38. The van der Waals surface area contributed by atoms with Crippen LogP contribution in [0.3, 0.4) is 0 Å². The molecule has 0 spiro atoms. The number of piperidine rings is 1. The van der Waals surface area contributed by atoms with Crippen LogP contribution in [0.5, 0.6) is 5.75 Å². The Bertz CT molecular complexity index is 1080. The number of pyridine rings is 1. The predicted molar refractivity (Wildman–Crippen MR) is 115 cm³/mol. The standard InChI is InChI=1S/C25H25FN2O2/c1-16-21(11-8-18-3-2-13-27-24(16)18)17-6-9-20(10-7-17)30-23-12-14-28(15-22(23)26)25(29)19-4-5-19/h2-3,6-11,13,19,22-23H,4-5,12,14-15H2,1H3/t22-,23-/m1/s1. The second-order valence-corrected chi connectivity index (χ2v) is 8.36. The number of aromatic nitrogens is 1. The summed E-state index contributed by atoms with van der Waals surface area (Å²) in [5.41, 5.74) is 4.35. The molecule has 2 aromatic carbocycles. The highest BCUT2D eigenvalue weighted by molar-refractivity contribution is 5.88. The molecule has 2 atom stereocenters. The first-order valence-electron chi connectivity index (χ1n) is 10.6. The van der Waals surface area contributed by atoms with Crippen molar-refractivity contribution < 1.29 is 13.9 Å². The van der Waals surface area contributed by atoms with Crippen molar-refractivity contribution in [2.24, 2.45) is 5.92 Å². The van der Waals surface area contributed by atoms with E-state index >= 15 is 0 Å². The molecule has 3 aromatic rings. The Kier molecular flexibility index (Phi) is 4.89. The number of ether oxygens (including phenoxy) is 1. The van der Waals surface area contributed by atoms with Crippen LogP contribution in [0.1, 0.15) is 24.8 Å². The maximum absolute atomic E-state index is 14.6. The molecule has 1 aliphatic heterocycles. The summed E-state index contributed by atoms with van der Waals surface area (Å²) in [5.74, 6) is 0.904. The van der Waals surface area contributed by atoms with Gasteiger partial charge in [-0.15, -0.1) is 0 Å². The van der Waals surface area contributed by atoms with Crippen molar-refractivity contribution in [1.82, 2.24) is 9.88 Å². The van der Waals surface area contributed by atoms with Gasteiger partial charge in [0.05, 0.1) is 12.1 Å². The minimum absolute atomic E-state index is 0.112. The Morgan fingerprint density at radius 2 is 1.90 bits per heavy atom. The SMILES string of the molecule is Cc1c(-c2ccc(O[C@@H]3CCN(C(=O)C4CC4)C[C@H]3F)cc2)ccc2cccnc12. The van der Waals surface area contributed by atoms with E-state index in [9.17, 15) is 9.18 Å². The molecule has 1 aromatic heterocycles. The summed E-state index contributed by atoms with van der Waals surface area (Å²) in [5, 5.41) is 1.12. The zero-order valence-electron chi connectivity index (χ0n) is 17.1. The highest BCUT2D eigenvalue weighted by atomic mass is 19.1. The smallest absolute Gasteiger partial charge is 0.225 e. The Morgan fingerprint density at radius 1 is 1.10 bits per heavy atom. The van der Waals surface area contributed by atoms with E-state index in [1.807, 2.05) is 36.5 Å². The number of benzene rings is 2. The van der Waals surface area contributed by atoms with Gasteiger partial charge in [0.2, 0.25) is 5.91 Å². The normalized spacial score (nSPS) is 21.6. The zero-order chi connectivity index (χ0) is 20.7. The number of hydrogen-bond acceptors (Lipinski definition) is 3. The summed E-state index contributed by atoms with van der Waals surface area (Å²) >= 11 is 0. The molecule has 2 fully saturated rings. The number of hydrogen-bond donors (Lipinski definition) is 0. The van der Waals surface area contributed by atoms with Crippen LogP contribution in [0.4, 0.5) is 4.39 Å². The number of amides is 1. The van der Waals surface area contributed by atoms with E-state index in [4.69, 9.17) is 4.74 Å². The summed E-state index contributed by atoms with van der Waals surface area (Å²) in [6.45, 7) is 2.79. The molecule has 5 rings (SSSR count). The lowest BCUT2D eigenvalue weighted by atomic mass is 9.98. The van der Waals surface area contributed by atoms with Gasteiger partial charge in [-0.3, -0.25) is 9.78 Å². The third-order valence-corrected chi connectivity index (χ3v) is 6.20.